The zero-order chi connectivity index (χ0) is 20.6. The molecular formula is C20H17FN2O6. The molecule has 0 unspecified atom stereocenters. The molecule has 0 fully saturated rings. The molecule has 150 valence electrons. The maximum atomic E-state index is 13.0. The molecule has 0 saturated heterocycles. The van der Waals surface area contributed by atoms with E-state index in [-0.39, 0.29) is 6.61 Å². The van der Waals surface area contributed by atoms with Gasteiger partial charge in [0.1, 0.15) is 12.4 Å². The second kappa shape index (κ2) is 9.36. The highest BCUT2D eigenvalue weighted by Crippen LogP contribution is 2.30. The number of esters is 1. The number of rotatable bonds is 5. The summed E-state index contributed by atoms with van der Waals surface area (Å²) in [6.07, 6.45) is 1.47. The van der Waals surface area contributed by atoms with E-state index in [2.05, 4.69) is 10.9 Å². The quantitative estimate of drug-likeness (QED) is 0.447. The minimum atomic E-state index is -0.943. The molecule has 2 aromatic carbocycles. The fraction of sp³-hybridized carbons (Fsp3) is 0.150. The molecule has 0 aliphatic carbocycles. The number of para-hydroxylation sites is 2. The molecule has 1 aliphatic heterocycles. The summed E-state index contributed by atoms with van der Waals surface area (Å²) in [5, 5.41) is 0. The number of amides is 2. The number of halogens is 1. The fourth-order valence-electron chi connectivity index (χ4n) is 2.36. The molecule has 2 amide bonds. The molecule has 3 rings (SSSR count). The molecule has 1 atom stereocenters. The number of hydrazine groups is 1. The van der Waals surface area contributed by atoms with Crippen LogP contribution in [0.2, 0.25) is 0 Å². The summed E-state index contributed by atoms with van der Waals surface area (Å²) >= 11 is 0. The monoisotopic (exact) mass is 400 g/mol. The number of carbonyl (C=O) groups is 3. The highest BCUT2D eigenvalue weighted by molar-refractivity contribution is 5.90. The van der Waals surface area contributed by atoms with E-state index in [4.69, 9.17) is 14.2 Å². The van der Waals surface area contributed by atoms with Crippen molar-refractivity contribution >= 4 is 23.9 Å². The number of ether oxygens (including phenoxy) is 3. The average molecular weight is 400 g/mol. The minimum Gasteiger partial charge on any atom is -0.485 e. The van der Waals surface area contributed by atoms with Crippen LogP contribution in [0.4, 0.5) is 4.39 Å². The first-order valence-corrected chi connectivity index (χ1v) is 8.59. The summed E-state index contributed by atoms with van der Waals surface area (Å²) in [7, 11) is 0. The lowest BCUT2D eigenvalue weighted by Gasteiger charge is -2.25. The van der Waals surface area contributed by atoms with Gasteiger partial charge in [-0.2, -0.15) is 0 Å². The fourth-order valence-corrected chi connectivity index (χ4v) is 2.36. The Hall–Kier alpha value is -3.88. The number of nitrogens with one attached hydrogen (secondary N) is 2. The van der Waals surface area contributed by atoms with Crippen LogP contribution < -0.4 is 20.3 Å². The maximum Gasteiger partial charge on any atom is 0.331 e. The van der Waals surface area contributed by atoms with Crippen molar-refractivity contribution in [2.75, 3.05) is 13.2 Å². The van der Waals surface area contributed by atoms with Gasteiger partial charge >= 0.3 is 5.97 Å². The first kappa shape index (κ1) is 19.9. The Labute approximate surface area is 165 Å². The van der Waals surface area contributed by atoms with Crippen molar-refractivity contribution in [3.8, 4) is 11.5 Å². The number of fused-ring (bicyclic) bond motifs is 1. The van der Waals surface area contributed by atoms with Gasteiger partial charge in [0.15, 0.2) is 18.1 Å². The molecule has 2 N–H and O–H groups in total. The van der Waals surface area contributed by atoms with E-state index in [0.29, 0.717) is 17.1 Å². The van der Waals surface area contributed by atoms with Gasteiger partial charge in [-0.15, -0.1) is 0 Å². The molecule has 1 aliphatic rings. The highest BCUT2D eigenvalue weighted by Gasteiger charge is 2.27. The number of hydrogen-bond acceptors (Lipinski definition) is 6. The van der Waals surface area contributed by atoms with Crippen molar-refractivity contribution in [1.29, 1.82) is 0 Å². The van der Waals surface area contributed by atoms with Gasteiger partial charge in [0.05, 0.1) is 0 Å². The Kier molecular flexibility index (Phi) is 6.41. The van der Waals surface area contributed by atoms with E-state index in [1.807, 2.05) is 0 Å². The summed E-state index contributed by atoms with van der Waals surface area (Å²) in [6.45, 7) is -0.629. The smallest absolute Gasteiger partial charge is 0.331 e. The molecular weight excluding hydrogens is 383 g/mol. The zero-order valence-corrected chi connectivity index (χ0v) is 15.1. The van der Waals surface area contributed by atoms with Gasteiger partial charge in [0, 0.05) is 6.08 Å². The summed E-state index contributed by atoms with van der Waals surface area (Å²) in [5.74, 6) is -1.65. The highest BCUT2D eigenvalue weighted by atomic mass is 19.1. The summed E-state index contributed by atoms with van der Waals surface area (Å²) < 4.78 is 28.7. The number of carbonyl (C=O) groups excluding carboxylic acids is 3. The lowest BCUT2D eigenvalue weighted by atomic mass is 10.2. The van der Waals surface area contributed by atoms with Gasteiger partial charge in [-0.3, -0.25) is 20.4 Å². The molecule has 0 bridgehead atoms. The van der Waals surface area contributed by atoms with Crippen LogP contribution >= 0.6 is 0 Å². The standard InChI is InChI=1S/C20H17FN2O6/c21-14-5-3-4-13(10-14)8-9-19(25)28-12-18(24)22-23-20(26)17-11-27-15-6-1-2-7-16(15)29-17/h1-10,17H,11-12H2,(H,22,24)(H,23,26)/b9-8+/t17-/m0/s1. The van der Waals surface area contributed by atoms with Crippen LogP contribution in [0.5, 0.6) is 11.5 Å². The Morgan fingerprint density at radius 1 is 1.10 bits per heavy atom. The third-order valence-electron chi connectivity index (χ3n) is 3.73. The molecule has 1 heterocycles. The van der Waals surface area contributed by atoms with E-state index in [1.165, 1.54) is 24.3 Å². The van der Waals surface area contributed by atoms with Crippen LogP contribution in [-0.4, -0.2) is 37.1 Å². The van der Waals surface area contributed by atoms with Crippen molar-refractivity contribution in [2.24, 2.45) is 0 Å². The van der Waals surface area contributed by atoms with Gasteiger partial charge < -0.3 is 14.2 Å². The third-order valence-corrected chi connectivity index (χ3v) is 3.73. The lowest BCUT2D eigenvalue weighted by molar-refractivity contribution is -0.145. The second-order valence-electron chi connectivity index (χ2n) is 5.90. The average Bonchev–Trinajstić information content (AvgIpc) is 2.74. The van der Waals surface area contributed by atoms with E-state index >= 15 is 0 Å². The van der Waals surface area contributed by atoms with Crippen molar-refractivity contribution in [3.63, 3.8) is 0 Å². The maximum absolute atomic E-state index is 13.0. The Morgan fingerprint density at radius 3 is 2.69 bits per heavy atom. The summed E-state index contributed by atoms with van der Waals surface area (Å²) in [4.78, 5) is 35.4. The van der Waals surface area contributed by atoms with Crippen LogP contribution in [0.25, 0.3) is 6.08 Å². The molecule has 0 spiro atoms. The van der Waals surface area contributed by atoms with Gasteiger partial charge in [-0.05, 0) is 35.9 Å². The van der Waals surface area contributed by atoms with Crippen molar-refractivity contribution in [1.82, 2.24) is 10.9 Å². The van der Waals surface area contributed by atoms with Gasteiger partial charge in [-0.25, -0.2) is 9.18 Å². The van der Waals surface area contributed by atoms with Crippen molar-refractivity contribution in [2.45, 2.75) is 6.10 Å². The largest absolute Gasteiger partial charge is 0.485 e. The molecule has 0 radical (unpaired) electrons. The molecule has 29 heavy (non-hydrogen) atoms. The van der Waals surface area contributed by atoms with E-state index < -0.39 is 36.3 Å². The predicted molar refractivity (Wildman–Crippen MR) is 99.0 cm³/mol. The zero-order valence-electron chi connectivity index (χ0n) is 15.1. The molecule has 8 nitrogen and oxygen atoms in total. The molecule has 0 aromatic heterocycles. The molecule has 9 heteroatoms. The number of benzene rings is 2. The summed E-state index contributed by atoms with van der Waals surface area (Å²) in [5.41, 5.74) is 4.76. The van der Waals surface area contributed by atoms with E-state index in [9.17, 15) is 18.8 Å². The summed E-state index contributed by atoms with van der Waals surface area (Å²) in [6, 6.07) is 12.5. The second-order valence-corrected chi connectivity index (χ2v) is 5.90. The van der Waals surface area contributed by atoms with E-state index in [1.54, 1.807) is 30.3 Å². The molecule has 2 aromatic rings. The van der Waals surface area contributed by atoms with Crippen LogP contribution in [0.15, 0.2) is 54.6 Å². The first-order valence-electron chi connectivity index (χ1n) is 8.59. The Balaban J connectivity index is 1.38. The van der Waals surface area contributed by atoms with Gasteiger partial charge in [0.25, 0.3) is 11.8 Å². The van der Waals surface area contributed by atoms with Crippen LogP contribution in [0.1, 0.15) is 5.56 Å². The van der Waals surface area contributed by atoms with Crippen LogP contribution in [0, 0.1) is 5.82 Å². The first-order chi connectivity index (χ1) is 14.0. The SMILES string of the molecule is O=C(COC(=O)/C=C/c1cccc(F)c1)NNC(=O)[C@@H]1COc2ccccc2O1. The third kappa shape index (κ3) is 5.80. The van der Waals surface area contributed by atoms with Crippen molar-refractivity contribution in [3.05, 3.63) is 66.0 Å². The normalized spacial score (nSPS) is 14.9. The van der Waals surface area contributed by atoms with Crippen LogP contribution in [0.3, 0.4) is 0 Å². The lowest BCUT2D eigenvalue weighted by Crippen LogP contribution is -2.51. The van der Waals surface area contributed by atoms with Crippen molar-refractivity contribution < 1.29 is 33.0 Å². The topological polar surface area (TPSA) is 103 Å². The van der Waals surface area contributed by atoms with Gasteiger partial charge in [-0.1, -0.05) is 24.3 Å². The van der Waals surface area contributed by atoms with E-state index in [0.717, 1.165) is 6.08 Å². The minimum absolute atomic E-state index is 0.0153. The van der Waals surface area contributed by atoms with Crippen LogP contribution in [-0.2, 0) is 19.1 Å². The predicted octanol–water partition coefficient (Wildman–Crippen LogP) is 1.37. The van der Waals surface area contributed by atoms with Gasteiger partial charge in [0.2, 0.25) is 6.10 Å². The number of hydrogen-bond donors (Lipinski definition) is 2. The molecule has 0 saturated carbocycles. The Bertz CT molecular complexity index is 946. The Morgan fingerprint density at radius 2 is 1.90 bits per heavy atom.